The lowest BCUT2D eigenvalue weighted by Gasteiger charge is -2.05. The van der Waals surface area contributed by atoms with Crippen molar-refractivity contribution >= 4 is 34.6 Å². The van der Waals surface area contributed by atoms with Gasteiger partial charge in [-0.3, -0.25) is 9.59 Å². The van der Waals surface area contributed by atoms with Crippen molar-refractivity contribution in [3.05, 3.63) is 65.0 Å². The van der Waals surface area contributed by atoms with Crippen LogP contribution >= 0.6 is 11.6 Å². The molecule has 1 aromatic heterocycles. The molecule has 2 aromatic carbocycles. The van der Waals surface area contributed by atoms with Crippen LogP contribution in [-0.4, -0.2) is 23.4 Å². The Kier molecular flexibility index (Phi) is 5.30. The molecule has 6 nitrogen and oxygen atoms in total. The first-order valence-electron chi connectivity index (χ1n) is 7.65. The number of rotatable bonds is 6. The summed E-state index contributed by atoms with van der Waals surface area (Å²) in [4.78, 5) is 27.8. The topological polar surface area (TPSA) is 81.4 Å². The molecule has 7 heteroatoms. The van der Waals surface area contributed by atoms with Gasteiger partial charge < -0.3 is 14.5 Å². The van der Waals surface area contributed by atoms with Crippen molar-refractivity contribution in [3.63, 3.8) is 0 Å². The fraction of sp³-hybridized carbons (Fsp3) is 0.167. The maximum absolute atomic E-state index is 11.9. The molecule has 0 aliphatic carbocycles. The molecule has 0 unspecified atom stereocenters. The van der Waals surface area contributed by atoms with E-state index in [2.05, 4.69) is 10.3 Å². The van der Waals surface area contributed by atoms with Crippen molar-refractivity contribution < 1.29 is 18.7 Å². The number of hydrogen-bond acceptors (Lipinski definition) is 5. The Balaban J connectivity index is 1.42. The van der Waals surface area contributed by atoms with Gasteiger partial charge in [0.25, 0.3) is 5.91 Å². The first-order valence-corrected chi connectivity index (χ1v) is 8.03. The van der Waals surface area contributed by atoms with E-state index >= 15 is 0 Å². The van der Waals surface area contributed by atoms with E-state index in [1.165, 1.54) is 0 Å². The van der Waals surface area contributed by atoms with Crippen LogP contribution in [0.15, 0.2) is 52.9 Å². The largest absolute Gasteiger partial charge is 0.456 e. The number of carbonyl (C=O) groups excluding carboxylic acids is 2. The van der Waals surface area contributed by atoms with Crippen LogP contribution in [0.4, 0.5) is 0 Å². The van der Waals surface area contributed by atoms with Gasteiger partial charge in [0.05, 0.1) is 6.42 Å². The third-order valence-corrected chi connectivity index (χ3v) is 3.67. The first kappa shape index (κ1) is 17.0. The molecule has 0 aliphatic rings. The number of esters is 1. The number of hydrogen-bond donors (Lipinski definition) is 1. The number of fused-ring (bicyclic) bond motifs is 1. The molecule has 25 heavy (non-hydrogen) atoms. The fourth-order valence-corrected chi connectivity index (χ4v) is 2.30. The van der Waals surface area contributed by atoms with E-state index < -0.39 is 5.97 Å². The molecule has 0 fully saturated rings. The van der Waals surface area contributed by atoms with Crippen LogP contribution in [0.3, 0.4) is 0 Å². The van der Waals surface area contributed by atoms with Crippen LogP contribution in [0.5, 0.6) is 0 Å². The van der Waals surface area contributed by atoms with E-state index in [-0.39, 0.29) is 25.5 Å². The molecule has 0 saturated heterocycles. The van der Waals surface area contributed by atoms with Gasteiger partial charge in [0.15, 0.2) is 12.2 Å². The molecule has 0 saturated carbocycles. The van der Waals surface area contributed by atoms with E-state index in [9.17, 15) is 9.59 Å². The van der Waals surface area contributed by atoms with Gasteiger partial charge in [-0.25, -0.2) is 4.98 Å². The Morgan fingerprint density at radius 3 is 2.64 bits per heavy atom. The quantitative estimate of drug-likeness (QED) is 0.683. The zero-order chi connectivity index (χ0) is 17.6. The van der Waals surface area contributed by atoms with Crippen LogP contribution in [0, 0.1) is 0 Å². The first-order chi connectivity index (χ1) is 12.1. The molecule has 0 radical (unpaired) electrons. The molecule has 0 bridgehead atoms. The molecule has 1 amide bonds. The lowest BCUT2D eigenvalue weighted by atomic mass is 10.2. The van der Waals surface area contributed by atoms with Crippen molar-refractivity contribution in [1.29, 1.82) is 0 Å². The van der Waals surface area contributed by atoms with Gasteiger partial charge in [0, 0.05) is 17.1 Å². The third kappa shape index (κ3) is 4.58. The minimum atomic E-state index is -0.446. The van der Waals surface area contributed by atoms with Crippen molar-refractivity contribution in [2.75, 3.05) is 6.54 Å². The van der Waals surface area contributed by atoms with Gasteiger partial charge in [0.1, 0.15) is 5.52 Å². The molecule has 0 aliphatic heterocycles. The number of oxazole rings is 1. The summed E-state index contributed by atoms with van der Waals surface area (Å²) in [6.45, 7) is 0.131. The van der Waals surface area contributed by atoms with Crippen LogP contribution < -0.4 is 5.32 Å². The molecule has 1 N–H and O–H groups in total. The summed E-state index contributed by atoms with van der Waals surface area (Å²) in [6, 6.07) is 13.8. The second kappa shape index (κ2) is 7.81. The molecule has 3 rings (SSSR count). The fourth-order valence-electron chi connectivity index (χ4n) is 2.18. The number of amides is 1. The zero-order valence-corrected chi connectivity index (χ0v) is 14.0. The number of carbonyl (C=O) groups is 2. The number of aromatic nitrogens is 1. The van der Waals surface area contributed by atoms with E-state index in [1.807, 2.05) is 18.2 Å². The lowest BCUT2D eigenvalue weighted by molar-refractivity contribution is -0.145. The summed E-state index contributed by atoms with van der Waals surface area (Å²) in [6.07, 6.45) is 0.0551. The summed E-state index contributed by atoms with van der Waals surface area (Å²) < 4.78 is 10.6. The SMILES string of the molecule is O=C(CCNC(=O)c1ccc(Cl)cc1)OCc1nc2ccccc2o1. The van der Waals surface area contributed by atoms with Gasteiger partial charge in [-0.15, -0.1) is 0 Å². The summed E-state index contributed by atoms with van der Waals surface area (Å²) in [5.41, 5.74) is 1.83. The number of nitrogens with zero attached hydrogens (tertiary/aromatic N) is 1. The number of ether oxygens (including phenoxy) is 1. The highest BCUT2D eigenvalue weighted by atomic mass is 35.5. The van der Waals surface area contributed by atoms with Gasteiger partial charge in [0.2, 0.25) is 5.89 Å². The number of para-hydroxylation sites is 2. The predicted octanol–water partition coefficient (Wildman–Crippen LogP) is 3.34. The molecular weight excluding hydrogens is 344 g/mol. The van der Waals surface area contributed by atoms with Crippen LogP contribution in [0.25, 0.3) is 11.1 Å². The molecular formula is C18H15ClN2O4. The number of nitrogens with one attached hydrogen (secondary N) is 1. The Morgan fingerprint density at radius 1 is 1.12 bits per heavy atom. The van der Waals surface area contributed by atoms with Gasteiger partial charge in [-0.1, -0.05) is 23.7 Å². The monoisotopic (exact) mass is 358 g/mol. The number of benzene rings is 2. The van der Waals surface area contributed by atoms with Crippen molar-refractivity contribution in [2.45, 2.75) is 13.0 Å². The summed E-state index contributed by atoms with van der Waals surface area (Å²) in [5.74, 6) is -0.387. The average molecular weight is 359 g/mol. The molecule has 1 heterocycles. The predicted molar refractivity (Wildman–Crippen MR) is 92.2 cm³/mol. The van der Waals surface area contributed by atoms with E-state index in [0.717, 1.165) is 0 Å². The zero-order valence-electron chi connectivity index (χ0n) is 13.2. The number of halogens is 1. The highest BCUT2D eigenvalue weighted by Gasteiger charge is 2.10. The van der Waals surface area contributed by atoms with Crippen LogP contribution in [-0.2, 0) is 16.1 Å². The van der Waals surface area contributed by atoms with E-state index in [1.54, 1.807) is 30.3 Å². The second-order valence-corrected chi connectivity index (χ2v) is 5.69. The highest BCUT2D eigenvalue weighted by molar-refractivity contribution is 6.30. The Morgan fingerprint density at radius 2 is 1.88 bits per heavy atom. The second-order valence-electron chi connectivity index (χ2n) is 5.25. The van der Waals surface area contributed by atoms with Gasteiger partial charge in [-0.05, 0) is 36.4 Å². The van der Waals surface area contributed by atoms with Gasteiger partial charge >= 0.3 is 5.97 Å². The Bertz CT molecular complexity index is 856. The van der Waals surface area contributed by atoms with E-state index in [0.29, 0.717) is 27.6 Å². The average Bonchev–Trinajstić information content (AvgIpc) is 3.03. The summed E-state index contributed by atoms with van der Waals surface area (Å²) >= 11 is 5.77. The summed E-state index contributed by atoms with van der Waals surface area (Å²) in [5, 5.41) is 3.20. The highest BCUT2D eigenvalue weighted by Crippen LogP contribution is 2.15. The standard InChI is InChI=1S/C18H15ClN2O4/c19-13-7-5-12(6-8-13)18(23)20-10-9-17(22)24-11-16-21-14-3-1-2-4-15(14)25-16/h1-8H,9-11H2,(H,20,23). The van der Waals surface area contributed by atoms with E-state index in [4.69, 9.17) is 20.8 Å². The van der Waals surface area contributed by atoms with Crippen LogP contribution in [0.1, 0.15) is 22.7 Å². The molecule has 3 aromatic rings. The maximum atomic E-state index is 11.9. The molecule has 128 valence electrons. The third-order valence-electron chi connectivity index (χ3n) is 3.42. The smallest absolute Gasteiger partial charge is 0.308 e. The molecule has 0 spiro atoms. The minimum absolute atomic E-state index is 0.0430. The van der Waals surface area contributed by atoms with Crippen molar-refractivity contribution in [3.8, 4) is 0 Å². The Hall–Kier alpha value is -2.86. The normalized spacial score (nSPS) is 10.6. The Labute approximate surface area is 148 Å². The summed E-state index contributed by atoms with van der Waals surface area (Å²) in [7, 11) is 0. The van der Waals surface area contributed by atoms with Gasteiger partial charge in [-0.2, -0.15) is 0 Å². The molecule has 0 atom stereocenters. The maximum Gasteiger partial charge on any atom is 0.308 e. The van der Waals surface area contributed by atoms with Crippen molar-refractivity contribution in [2.24, 2.45) is 0 Å². The van der Waals surface area contributed by atoms with Crippen LogP contribution in [0.2, 0.25) is 5.02 Å². The lowest BCUT2D eigenvalue weighted by Crippen LogP contribution is -2.26. The minimum Gasteiger partial charge on any atom is -0.456 e. The van der Waals surface area contributed by atoms with Crippen molar-refractivity contribution in [1.82, 2.24) is 10.3 Å².